The molecule has 184 valence electrons. The molecule has 0 amide bonds. The van der Waals surface area contributed by atoms with Crippen molar-refractivity contribution in [2.45, 2.75) is 105 Å². The zero-order chi connectivity index (χ0) is 23.8. The maximum Gasteiger partial charge on any atom is 0.333 e. The third-order valence-electron chi connectivity index (χ3n) is 10.6. The highest BCUT2D eigenvalue weighted by Crippen LogP contribution is 2.70. The molecule has 3 saturated carbocycles. The number of ether oxygens (including phenoxy) is 3. The molecule has 6 heteroatoms. The Morgan fingerprint density at radius 3 is 2.48 bits per heavy atom. The van der Waals surface area contributed by atoms with Crippen LogP contribution in [-0.4, -0.2) is 35.7 Å². The fraction of sp³-hybridized carbons (Fsp3) is 0.852. The molecule has 2 heterocycles. The number of fused-ring (bicyclic) bond motifs is 5. The van der Waals surface area contributed by atoms with Crippen LogP contribution in [0.25, 0.3) is 0 Å². The predicted octanol–water partition coefficient (Wildman–Crippen LogP) is 4.74. The molecule has 2 aliphatic heterocycles. The Balaban J connectivity index is 1.50. The second-order valence-corrected chi connectivity index (χ2v) is 12.6. The topological polar surface area (TPSA) is 82.1 Å². The Hall–Kier alpha value is -1.40. The lowest BCUT2D eigenvalue weighted by Gasteiger charge is -2.67. The van der Waals surface area contributed by atoms with Gasteiger partial charge in [-0.25, -0.2) is 4.79 Å². The van der Waals surface area contributed by atoms with Crippen LogP contribution in [0.1, 0.15) is 86.0 Å². The van der Waals surface area contributed by atoms with Gasteiger partial charge >= 0.3 is 11.9 Å². The zero-order valence-corrected chi connectivity index (χ0v) is 20.8. The van der Waals surface area contributed by atoms with Crippen molar-refractivity contribution in [1.29, 1.82) is 0 Å². The summed E-state index contributed by atoms with van der Waals surface area (Å²) in [4.78, 5) is 23.8. The Kier molecular flexibility index (Phi) is 5.52. The minimum atomic E-state index is -1.28. The molecule has 5 rings (SSSR count). The Morgan fingerprint density at radius 1 is 1.06 bits per heavy atom. The van der Waals surface area contributed by atoms with Gasteiger partial charge in [-0.3, -0.25) is 4.79 Å². The number of hydrogen-bond donors (Lipinski definition) is 1. The average Bonchev–Trinajstić information content (AvgIpc) is 3.04. The molecule has 0 unspecified atom stereocenters. The summed E-state index contributed by atoms with van der Waals surface area (Å²) >= 11 is 0. The van der Waals surface area contributed by atoms with Gasteiger partial charge < -0.3 is 19.3 Å². The second kappa shape index (κ2) is 7.81. The van der Waals surface area contributed by atoms with Gasteiger partial charge in [-0.2, -0.15) is 0 Å². The quantitative estimate of drug-likeness (QED) is 0.600. The molecule has 5 aliphatic rings. The average molecular weight is 461 g/mol. The Bertz CT molecular complexity index is 863. The van der Waals surface area contributed by atoms with Crippen molar-refractivity contribution in [2.24, 2.45) is 39.9 Å². The number of aliphatic hydroxyl groups excluding tert-OH is 1. The molecule has 33 heavy (non-hydrogen) atoms. The van der Waals surface area contributed by atoms with Gasteiger partial charge in [-0.05, 0) is 78.9 Å². The highest BCUT2D eigenvalue weighted by atomic mass is 16.7. The molecule has 1 saturated heterocycles. The summed E-state index contributed by atoms with van der Waals surface area (Å²) in [6.45, 7) is 11.4. The number of carbonyl (C=O) groups is 2. The van der Waals surface area contributed by atoms with Gasteiger partial charge in [0, 0.05) is 24.5 Å². The lowest BCUT2D eigenvalue weighted by atomic mass is 9.38. The summed E-state index contributed by atoms with van der Waals surface area (Å²) in [5.41, 5.74) is 1.26. The van der Waals surface area contributed by atoms with Crippen LogP contribution in [0.3, 0.4) is 0 Å². The molecule has 4 fully saturated rings. The van der Waals surface area contributed by atoms with Crippen molar-refractivity contribution in [3.05, 3.63) is 11.6 Å². The van der Waals surface area contributed by atoms with E-state index in [9.17, 15) is 14.7 Å². The van der Waals surface area contributed by atoms with Crippen molar-refractivity contribution in [1.82, 2.24) is 0 Å². The van der Waals surface area contributed by atoms with Crippen LogP contribution < -0.4 is 0 Å². The molecule has 0 radical (unpaired) electrons. The molecular formula is C27H40O6. The number of esters is 2. The maximum atomic E-state index is 12.0. The van der Waals surface area contributed by atoms with E-state index in [4.69, 9.17) is 14.2 Å². The molecule has 9 atom stereocenters. The third kappa shape index (κ3) is 3.58. The molecule has 6 nitrogen and oxygen atoms in total. The maximum absolute atomic E-state index is 12.0. The molecule has 1 N–H and O–H groups in total. The smallest absolute Gasteiger partial charge is 0.333 e. The van der Waals surface area contributed by atoms with E-state index in [2.05, 4.69) is 27.7 Å². The predicted molar refractivity (Wildman–Crippen MR) is 121 cm³/mol. The van der Waals surface area contributed by atoms with Crippen molar-refractivity contribution >= 4 is 11.9 Å². The van der Waals surface area contributed by atoms with E-state index >= 15 is 0 Å². The van der Waals surface area contributed by atoms with Gasteiger partial charge in [0.15, 0.2) is 0 Å². The molecule has 0 aromatic heterocycles. The second-order valence-electron chi connectivity index (χ2n) is 12.6. The monoisotopic (exact) mass is 460 g/mol. The van der Waals surface area contributed by atoms with Gasteiger partial charge in [-0.15, -0.1) is 0 Å². The number of aliphatic hydroxyl groups is 1. The zero-order valence-electron chi connectivity index (χ0n) is 20.8. The van der Waals surface area contributed by atoms with Crippen LogP contribution in [-0.2, 0) is 23.8 Å². The highest BCUT2D eigenvalue weighted by molar-refractivity contribution is 5.85. The van der Waals surface area contributed by atoms with Crippen LogP contribution in [0.15, 0.2) is 11.6 Å². The molecule has 0 bridgehead atoms. The summed E-state index contributed by atoms with van der Waals surface area (Å²) in [6, 6.07) is 0. The van der Waals surface area contributed by atoms with Gasteiger partial charge in [0.2, 0.25) is 12.6 Å². The van der Waals surface area contributed by atoms with Crippen LogP contribution in [0.2, 0.25) is 0 Å². The first kappa shape index (κ1) is 23.3. The van der Waals surface area contributed by atoms with Crippen molar-refractivity contribution < 1.29 is 28.9 Å². The first-order valence-electron chi connectivity index (χ1n) is 12.9. The molecule has 0 aromatic carbocycles. The minimum absolute atomic E-state index is 0.108. The first-order chi connectivity index (χ1) is 15.5. The Labute approximate surface area is 197 Å². The van der Waals surface area contributed by atoms with Gasteiger partial charge in [0.1, 0.15) is 0 Å². The number of rotatable bonds is 2. The van der Waals surface area contributed by atoms with E-state index in [-0.39, 0.29) is 17.3 Å². The van der Waals surface area contributed by atoms with Crippen molar-refractivity contribution in [3.8, 4) is 0 Å². The van der Waals surface area contributed by atoms with Crippen LogP contribution in [0.5, 0.6) is 0 Å². The van der Waals surface area contributed by atoms with Gasteiger partial charge in [-0.1, -0.05) is 34.1 Å². The summed E-state index contributed by atoms with van der Waals surface area (Å²) in [6.07, 6.45) is 8.07. The summed E-state index contributed by atoms with van der Waals surface area (Å²) in [5, 5.41) is 10.3. The number of carbonyl (C=O) groups excluding carboxylic acids is 2. The van der Waals surface area contributed by atoms with Gasteiger partial charge in [0.05, 0.1) is 6.10 Å². The third-order valence-corrected chi connectivity index (χ3v) is 10.6. The highest BCUT2D eigenvalue weighted by Gasteiger charge is 2.64. The lowest BCUT2D eigenvalue weighted by Crippen LogP contribution is -2.62. The van der Waals surface area contributed by atoms with E-state index in [0.29, 0.717) is 28.2 Å². The largest absolute Gasteiger partial charge is 0.436 e. The summed E-state index contributed by atoms with van der Waals surface area (Å²) in [7, 11) is 0. The van der Waals surface area contributed by atoms with Crippen molar-refractivity contribution in [2.75, 3.05) is 0 Å². The van der Waals surface area contributed by atoms with E-state index in [1.807, 2.05) is 0 Å². The van der Waals surface area contributed by atoms with Gasteiger partial charge in [0.25, 0.3) is 0 Å². The number of hydrogen-bond acceptors (Lipinski definition) is 6. The molecule has 0 aromatic rings. The van der Waals surface area contributed by atoms with Crippen molar-refractivity contribution in [3.63, 3.8) is 0 Å². The Morgan fingerprint density at radius 2 is 1.82 bits per heavy atom. The van der Waals surface area contributed by atoms with Crippen LogP contribution in [0.4, 0.5) is 0 Å². The van der Waals surface area contributed by atoms with E-state index < -0.39 is 24.7 Å². The minimum Gasteiger partial charge on any atom is -0.436 e. The van der Waals surface area contributed by atoms with E-state index in [1.165, 1.54) is 45.1 Å². The summed E-state index contributed by atoms with van der Waals surface area (Å²) < 4.78 is 16.9. The fourth-order valence-corrected chi connectivity index (χ4v) is 9.32. The summed E-state index contributed by atoms with van der Waals surface area (Å²) in [5.74, 6) is 0.882. The normalized spacial score (nSPS) is 48.6. The van der Waals surface area contributed by atoms with Crippen LogP contribution >= 0.6 is 0 Å². The SMILES string of the molecule is CC(=O)O[C@@H]1O[C@@H](C2=CC(=O)O[C@@H]2O)C[C@@H]2[C@@H]1CC[C@H]1[C@@]2(C)CC[C@H]2C(C)(C)CCC[C@]12C. The fourth-order valence-electron chi connectivity index (χ4n) is 9.32. The van der Waals surface area contributed by atoms with E-state index in [1.54, 1.807) is 0 Å². The number of cyclic esters (lactones) is 1. The van der Waals surface area contributed by atoms with E-state index in [0.717, 1.165) is 25.2 Å². The standard InChI is InChI=1S/C27H40O6/c1-15(28)31-24-16-7-8-21-26(4,12-9-20-25(2,3)10-6-11-27(20,21)5)18(16)14-19(32-24)17-13-22(29)33-23(17)30/h13,16,18-21,23-24,30H,6-12,14H2,1-5H3/t16-,18+,19+,20-,21-,23-,24+,26-,27-/m0/s1. The molecular weight excluding hydrogens is 420 g/mol. The molecule has 3 aliphatic carbocycles. The van der Waals surface area contributed by atoms with Crippen LogP contribution in [0, 0.1) is 39.9 Å². The first-order valence-corrected chi connectivity index (χ1v) is 12.9. The lowest BCUT2D eigenvalue weighted by molar-refractivity contribution is -0.270. The molecule has 0 spiro atoms.